The maximum Gasteiger partial charge on any atom is 0.410 e. The van der Waals surface area contributed by atoms with Gasteiger partial charge in [0.2, 0.25) is 0 Å². The van der Waals surface area contributed by atoms with E-state index in [1.54, 1.807) is 35.4 Å². The summed E-state index contributed by atoms with van der Waals surface area (Å²) < 4.78 is 4.89. The van der Waals surface area contributed by atoms with E-state index in [2.05, 4.69) is 15.6 Å². The van der Waals surface area contributed by atoms with Gasteiger partial charge in [-0.2, -0.15) is 0 Å². The van der Waals surface area contributed by atoms with Crippen LogP contribution in [0, 0.1) is 0 Å². The smallest absolute Gasteiger partial charge is 0.410 e. The lowest BCUT2D eigenvalue weighted by molar-refractivity contribution is 0.157. The SMILES string of the molecule is O=C(NCc1ccc(Cl)nc1)Nc1ccc(CN2CCOC2=O)cc1. The van der Waals surface area contributed by atoms with Gasteiger partial charge >= 0.3 is 12.1 Å². The van der Waals surface area contributed by atoms with Gasteiger partial charge < -0.3 is 20.3 Å². The molecule has 2 heterocycles. The Morgan fingerprint density at radius 1 is 1.20 bits per heavy atom. The molecule has 2 aromatic rings. The molecule has 1 saturated heterocycles. The summed E-state index contributed by atoms with van der Waals surface area (Å²) in [4.78, 5) is 28.9. The van der Waals surface area contributed by atoms with Gasteiger partial charge in [-0.15, -0.1) is 0 Å². The largest absolute Gasteiger partial charge is 0.448 e. The quantitative estimate of drug-likeness (QED) is 0.803. The molecule has 1 aliphatic heterocycles. The zero-order valence-electron chi connectivity index (χ0n) is 13.4. The Bertz CT molecular complexity index is 749. The number of anilines is 1. The van der Waals surface area contributed by atoms with Gasteiger partial charge in [-0.1, -0.05) is 29.8 Å². The summed E-state index contributed by atoms with van der Waals surface area (Å²) in [6.45, 7) is 1.88. The van der Waals surface area contributed by atoms with Gasteiger partial charge in [0.05, 0.1) is 6.54 Å². The fourth-order valence-electron chi connectivity index (χ4n) is 2.35. The van der Waals surface area contributed by atoms with Crippen LogP contribution in [0.15, 0.2) is 42.6 Å². The minimum atomic E-state index is -0.314. The minimum absolute atomic E-state index is 0.293. The number of carbonyl (C=O) groups is 2. The number of amides is 3. The monoisotopic (exact) mass is 360 g/mol. The van der Waals surface area contributed by atoms with Gasteiger partial charge in [0.15, 0.2) is 0 Å². The summed E-state index contributed by atoms with van der Waals surface area (Å²) in [7, 11) is 0. The van der Waals surface area contributed by atoms with Gasteiger partial charge in [-0.05, 0) is 29.3 Å². The molecule has 0 atom stereocenters. The van der Waals surface area contributed by atoms with Crippen LogP contribution in [0.3, 0.4) is 0 Å². The fourth-order valence-corrected chi connectivity index (χ4v) is 2.46. The average molecular weight is 361 g/mol. The minimum Gasteiger partial charge on any atom is -0.448 e. The molecule has 1 fully saturated rings. The van der Waals surface area contributed by atoms with Crippen LogP contribution in [0.1, 0.15) is 11.1 Å². The number of ether oxygens (including phenoxy) is 1. The van der Waals surface area contributed by atoms with Crippen LogP contribution >= 0.6 is 11.6 Å². The molecule has 25 heavy (non-hydrogen) atoms. The molecule has 1 aliphatic rings. The number of aromatic nitrogens is 1. The van der Waals surface area contributed by atoms with E-state index >= 15 is 0 Å². The summed E-state index contributed by atoms with van der Waals surface area (Å²) in [6.07, 6.45) is 1.32. The first-order valence-corrected chi connectivity index (χ1v) is 8.14. The first-order chi connectivity index (χ1) is 12.1. The molecule has 0 radical (unpaired) electrons. The Kier molecular flexibility index (Phi) is 5.35. The number of nitrogens with zero attached hydrogens (tertiary/aromatic N) is 2. The second kappa shape index (κ2) is 7.85. The molecule has 0 aliphatic carbocycles. The first-order valence-electron chi connectivity index (χ1n) is 7.76. The zero-order valence-corrected chi connectivity index (χ0v) is 14.1. The van der Waals surface area contributed by atoms with Crippen molar-refractivity contribution in [3.05, 3.63) is 58.9 Å². The van der Waals surface area contributed by atoms with Gasteiger partial charge in [0.1, 0.15) is 11.8 Å². The van der Waals surface area contributed by atoms with Crippen molar-refractivity contribution in [1.29, 1.82) is 0 Å². The number of hydrogen-bond acceptors (Lipinski definition) is 4. The Balaban J connectivity index is 1.48. The van der Waals surface area contributed by atoms with Crippen LogP contribution < -0.4 is 10.6 Å². The van der Waals surface area contributed by atoms with E-state index in [1.165, 1.54) is 0 Å². The van der Waals surface area contributed by atoms with Crippen LogP contribution in [0.2, 0.25) is 5.15 Å². The number of benzene rings is 1. The van der Waals surface area contributed by atoms with Crippen molar-refractivity contribution in [3.63, 3.8) is 0 Å². The third-order valence-electron chi connectivity index (χ3n) is 3.67. The molecule has 7 nitrogen and oxygen atoms in total. The van der Waals surface area contributed by atoms with Crippen molar-refractivity contribution in [2.24, 2.45) is 0 Å². The van der Waals surface area contributed by atoms with Crippen LogP contribution in [0.4, 0.5) is 15.3 Å². The topological polar surface area (TPSA) is 83.6 Å². The van der Waals surface area contributed by atoms with E-state index in [0.717, 1.165) is 11.1 Å². The number of nitrogens with one attached hydrogen (secondary N) is 2. The number of carbonyl (C=O) groups excluding carboxylic acids is 2. The highest BCUT2D eigenvalue weighted by molar-refractivity contribution is 6.29. The standard InChI is InChI=1S/C17H17ClN4O3/c18-15-6-3-13(9-19-15)10-20-16(23)21-14-4-1-12(2-5-14)11-22-7-8-25-17(22)24/h1-6,9H,7-8,10-11H2,(H2,20,21,23). The van der Waals surface area contributed by atoms with Gasteiger partial charge in [-0.25, -0.2) is 14.6 Å². The highest BCUT2D eigenvalue weighted by Crippen LogP contribution is 2.14. The first kappa shape index (κ1) is 17.0. The van der Waals surface area contributed by atoms with Crippen LogP contribution in [0.5, 0.6) is 0 Å². The predicted octanol–water partition coefficient (Wildman–Crippen LogP) is 3.01. The van der Waals surface area contributed by atoms with Gasteiger partial charge in [0, 0.05) is 25.0 Å². The van der Waals surface area contributed by atoms with Crippen LogP contribution in [-0.4, -0.2) is 35.2 Å². The highest BCUT2D eigenvalue weighted by Gasteiger charge is 2.21. The fraction of sp³-hybridized carbons (Fsp3) is 0.235. The van der Waals surface area contributed by atoms with Crippen molar-refractivity contribution in [3.8, 4) is 0 Å². The number of urea groups is 1. The molecule has 0 bridgehead atoms. The maximum absolute atomic E-state index is 11.9. The lowest BCUT2D eigenvalue weighted by atomic mass is 10.2. The summed E-state index contributed by atoms with van der Waals surface area (Å²) in [6, 6.07) is 10.5. The molecule has 0 saturated carbocycles. The normalized spacial score (nSPS) is 13.5. The maximum atomic E-state index is 11.9. The molecule has 3 rings (SSSR count). The molecule has 1 aromatic heterocycles. The van der Waals surface area contributed by atoms with Gasteiger partial charge in [-0.3, -0.25) is 0 Å². The third-order valence-corrected chi connectivity index (χ3v) is 3.90. The highest BCUT2D eigenvalue weighted by atomic mass is 35.5. The number of halogens is 1. The van der Waals surface area contributed by atoms with Crippen molar-refractivity contribution in [1.82, 2.24) is 15.2 Å². The predicted molar refractivity (Wildman–Crippen MR) is 93.3 cm³/mol. The van der Waals surface area contributed by atoms with E-state index in [1.807, 2.05) is 12.1 Å². The molecule has 8 heteroatoms. The zero-order chi connectivity index (χ0) is 17.6. The van der Waals surface area contributed by atoms with Crippen molar-refractivity contribution in [2.45, 2.75) is 13.1 Å². The summed E-state index contributed by atoms with van der Waals surface area (Å²) in [5.74, 6) is 0. The third kappa shape index (κ3) is 4.84. The molecule has 0 unspecified atom stereocenters. The number of pyridine rings is 1. The Hall–Kier alpha value is -2.80. The Morgan fingerprint density at radius 3 is 2.60 bits per heavy atom. The second-order valence-electron chi connectivity index (χ2n) is 5.53. The van der Waals surface area contributed by atoms with Crippen LogP contribution in [-0.2, 0) is 17.8 Å². The molecule has 3 amide bonds. The van der Waals surface area contributed by atoms with Crippen molar-refractivity contribution >= 4 is 29.4 Å². The molecule has 1 aromatic carbocycles. The van der Waals surface area contributed by atoms with E-state index in [9.17, 15) is 9.59 Å². The molecular weight excluding hydrogens is 344 g/mol. The van der Waals surface area contributed by atoms with E-state index < -0.39 is 0 Å². The molecule has 0 spiro atoms. The van der Waals surface area contributed by atoms with Crippen molar-refractivity contribution in [2.75, 3.05) is 18.5 Å². The second-order valence-corrected chi connectivity index (χ2v) is 5.92. The summed E-state index contributed by atoms with van der Waals surface area (Å²) >= 11 is 5.72. The van der Waals surface area contributed by atoms with E-state index in [0.29, 0.717) is 37.1 Å². The summed E-state index contributed by atoms with van der Waals surface area (Å²) in [5.41, 5.74) is 2.49. The number of hydrogen-bond donors (Lipinski definition) is 2. The van der Waals surface area contributed by atoms with Gasteiger partial charge in [0.25, 0.3) is 0 Å². The molecule has 130 valence electrons. The van der Waals surface area contributed by atoms with Crippen LogP contribution in [0.25, 0.3) is 0 Å². The number of rotatable bonds is 5. The lowest BCUT2D eigenvalue weighted by Gasteiger charge is -2.13. The number of cyclic esters (lactones) is 1. The average Bonchev–Trinajstić information content (AvgIpc) is 3.01. The van der Waals surface area contributed by atoms with E-state index in [-0.39, 0.29) is 12.1 Å². The summed E-state index contributed by atoms with van der Waals surface area (Å²) in [5, 5.41) is 5.91. The lowest BCUT2D eigenvalue weighted by Crippen LogP contribution is -2.28. The Morgan fingerprint density at radius 2 is 1.96 bits per heavy atom. The van der Waals surface area contributed by atoms with Crippen molar-refractivity contribution < 1.29 is 14.3 Å². The Labute approximate surface area is 149 Å². The molecule has 2 N–H and O–H groups in total. The van der Waals surface area contributed by atoms with E-state index in [4.69, 9.17) is 16.3 Å². The molecular formula is C17H17ClN4O3.